The number of imidazole rings is 1. The lowest BCUT2D eigenvalue weighted by Crippen LogP contribution is -2.21. The molecule has 1 aromatic heterocycles. The molecule has 0 spiro atoms. The largest absolute Gasteiger partial charge is 0.317 e. The van der Waals surface area contributed by atoms with Gasteiger partial charge in [-0.05, 0) is 41.6 Å². The maximum atomic E-state index is 4.46. The van der Waals surface area contributed by atoms with Crippen LogP contribution in [0.4, 0.5) is 0 Å². The monoisotopic (exact) mass is 301 g/mol. The van der Waals surface area contributed by atoms with Gasteiger partial charge in [0.15, 0.2) is 0 Å². The summed E-state index contributed by atoms with van der Waals surface area (Å²) < 4.78 is 2.19. The zero-order chi connectivity index (χ0) is 15.6. The van der Waals surface area contributed by atoms with Crippen LogP contribution >= 0.6 is 0 Å². The highest BCUT2D eigenvalue weighted by Gasteiger charge is 2.06. The smallest absolute Gasteiger partial charge is 0.0969 e. The fourth-order valence-electron chi connectivity index (χ4n) is 3.08. The summed E-state index contributed by atoms with van der Waals surface area (Å²) in [5.74, 6) is 0. The minimum Gasteiger partial charge on any atom is -0.317 e. The summed E-state index contributed by atoms with van der Waals surface area (Å²) >= 11 is 0. The van der Waals surface area contributed by atoms with Gasteiger partial charge >= 0.3 is 0 Å². The van der Waals surface area contributed by atoms with Gasteiger partial charge in [-0.25, -0.2) is 4.98 Å². The molecule has 3 nitrogen and oxygen atoms in total. The third-order valence-electron chi connectivity index (χ3n) is 4.19. The third-order valence-corrected chi connectivity index (χ3v) is 4.19. The van der Waals surface area contributed by atoms with E-state index < -0.39 is 0 Å². The molecule has 0 aliphatic rings. The molecule has 23 heavy (non-hydrogen) atoms. The van der Waals surface area contributed by atoms with Crippen molar-refractivity contribution in [1.29, 1.82) is 0 Å². The van der Waals surface area contributed by atoms with Gasteiger partial charge in [-0.2, -0.15) is 0 Å². The van der Waals surface area contributed by atoms with Gasteiger partial charge in [-0.1, -0.05) is 48.5 Å². The number of hydrogen-bond acceptors (Lipinski definition) is 2. The van der Waals surface area contributed by atoms with Crippen molar-refractivity contribution < 1.29 is 0 Å². The molecular formula is C20H19N3. The first-order valence-corrected chi connectivity index (χ1v) is 7.86. The van der Waals surface area contributed by atoms with Crippen molar-refractivity contribution in [3.05, 3.63) is 78.6 Å². The van der Waals surface area contributed by atoms with Crippen LogP contribution in [0.25, 0.3) is 21.8 Å². The predicted octanol–water partition coefficient (Wildman–Crippen LogP) is 4.28. The van der Waals surface area contributed by atoms with Gasteiger partial charge < -0.3 is 4.57 Å². The Kier molecular flexibility index (Phi) is 3.56. The lowest BCUT2D eigenvalue weighted by atomic mass is 10.1. The first-order valence-electron chi connectivity index (χ1n) is 7.86. The Morgan fingerprint density at radius 3 is 2.61 bits per heavy atom. The SMILES string of the molecule is CN(Cc1ccc2ccccc2c1)Cn1cnc2ccccc21. The number of nitrogens with zero attached hydrogens (tertiary/aromatic N) is 3. The maximum Gasteiger partial charge on any atom is 0.0969 e. The topological polar surface area (TPSA) is 21.1 Å². The van der Waals surface area contributed by atoms with Gasteiger partial charge in [-0.15, -0.1) is 0 Å². The van der Waals surface area contributed by atoms with Crippen molar-refractivity contribution in [2.75, 3.05) is 7.05 Å². The Labute approximate surface area is 135 Å². The molecule has 0 bridgehead atoms. The molecule has 114 valence electrons. The fraction of sp³-hybridized carbons (Fsp3) is 0.150. The van der Waals surface area contributed by atoms with E-state index in [4.69, 9.17) is 0 Å². The summed E-state index contributed by atoms with van der Waals surface area (Å²) in [4.78, 5) is 6.76. The predicted molar refractivity (Wildman–Crippen MR) is 95.1 cm³/mol. The van der Waals surface area contributed by atoms with Gasteiger partial charge in [0.1, 0.15) is 0 Å². The molecule has 0 atom stereocenters. The Hall–Kier alpha value is -2.65. The summed E-state index contributed by atoms with van der Waals surface area (Å²) in [5.41, 5.74) is 3.56. The van der Waals surface area contributed by atoms with Crippen LogP contribution in [0.1, 0.15) is 5.56 Å². The van der Waals surface area contributed by atoms with Crippen LogP contribution < -0.4 is 0 Å². The second-order valence-corrected chi connectivity index (χ2v) is 6.04. The summed E-state index contributed by atoms with van der Waals surface area (Å²) in [6.07, 6.45) is 1.92. The van der Waals surface area contributed by atoms with E-state index in [0.29, 0.717) is 0 Å². The molecule has 0 aliphatic carbocycles. The summed E-state index contributed by atoms with van der Waals surface area (Å²) in [7, 11) is 2.14. The van der Waals surface area contributed by atoms with Crippen LogP contribution in [0.15, 0.2) is 73.1 Å². The molecule has 0 amide bonds. The van der Waals surface area contributed by atoms with E-state index in [1.165, 1.54) is 21.9 Å². The molecule has 0 aliphatic heterocycles. The number of fused-ring (bicyclic) bond motifs is 2. The van der Waals surface area contributed by atoms with Crippen molar-refractivity contribution in [2.45, 2.75) is 13.2 Å². The lowest BCUT2D eigenvalue weighted by molar-refractivity contribution is 0.264. The highest BCUT2D eigenvalue weighted by Crippen LogP contribution is 2.17. The minimum atomic E-state index is 0.827. The standard InChI is InChI=1S/C20H19N3/c1-22(15-23-14-21-19-8-4-5-9-20(19)23)13-16-10-11-17-6-2-3-7-18(17)12-16/h2-12,14H,13,15H2,1H3. The first-order chi connectivity index (χ1) is 11.3. The molecule has 3 heteroatoms. The quantitative estimate of drug-likeness (QED) is 0.561. The average molecular weight is 301 g/mol. The van der Waals surface area contributed by atoms with Crippen molar-refractivity contribution >= 4 is 21.8 Å². The zero-order valence-electron chi connectivity index (χ0n) is 13.2. The first kappa shape index (κ1) is 14.0. The number of para-hydroxylation sites is 2. The second kappa shape index (κ2) is 5.86. The molecule has 0 radical (unpaired) electrons. The highest BCUT2D eigenvalue weighted by molar-refractivity contribution is 5.83. The average Bonchev–Trinajstić information content (AvgIpc) is 2.98. The molecule has 0 saturated heterocycles. The lowest BCUT2D eigenvalue weighted by Gasteiger charge is -2.18. The van der Waals surface area contributed by atoms with Crippen molar-refractivity contribution in [3.63, 3.8) is 0 Å². The number of rotatable bonds is 4. The van der Waals surface area contributed by atoms with Crippen LogP contribution in [0.2, 0.25) is 0 Å². The normalized spacial score (nSPS) is 11.6. The second-order valence-electron chi connectivity index (χ2n) is 6.04. The third kappa shape index (κ3) is 2.83. The molecule has 0 unspecified atom stereocenters. The number of hydrogen-bond donors (Lipinski definition) is 0. The molecule has 0 saturated carbocycles. The van der Waals surface area contributed by atoms with Gasteiger partial charge in [0, 0.05) is 6.54 Å². The van der Waals surface area contributed by atoms with Crippen LogP contribution in [-0.4, -0.2) is 21.5 Å². The van der Waals surface area contributed by atoms with E-state index in [2.05, 4.69) is 82.2 Å². The van der Waals surface area contributed by atoms with E-state index in [1.807, 2.05) is 12.4 Å². The Bertz CT molecular complexity index is 955. The molecule has 0 fully saturated rings. The van der Waals surface area contributed by atoms with Gasteiger partial charge in [-0.3, -0.25) is 4.90 Å². The van der Waals surface area contributed by atoms with Crippen LogP contribution in [0.3, 0.4) is 0 Å². The fourth-order valence-corrected chi connectivity index (χ4v) is 3.08. The molecule has 1 heterocycles. The minimum absolute atomic E-state index is 0.827. The molecule has 4 rings (SSSR count). The molecule has 4 aromatic rings. The van der Waals surface area contributed by atoms with Crippen LogP contribution in [0.5, 0.6) is 0 Å². The molecule has 0 N–H and O–H groups in total. The molecular weight excluding hydrogens is 282 g/mol. The van der Waals surface area contributed by atoms with E-state index in [0.717, 1.165) is 18.7 Å². The number of benzene rings is 3. The van der Waals surface area contributed by atoms with Crippen LogP contribution in [0, 0.1) is 0 Å². The van der Waals surface area contributed by atoms with E-state index in [1.54, 1.807) is 0 Å². The van der Waals surface area contributed by atoms with Gasteiger partial charge in [0.05, 0.1) is 24.0 Å². The van der Waals surface area contributed by atoms with Crippen molar-refractivity contribution in [3.8, 4) is 0 Å². The van der Waals surface area contributed by atoms with Gasteiger partial charge in [0.2, 0.25) is 0 Å². The van der Waals surface area contributed by atoms with E-state index in [-0.39, 0.29) is 0 Å². The van der Waals surface area contributed by atoms with Crippen molar-refractivity contribution in [2.24, 2.45) is 0 Å². The summed E-state index contributed by atoms with van der Waals surface area (Å²) in [6, 6.07) is 23.4. The molecule has 3 aromatic carbocycles. The Morgan fingerprint density at radius 2 is 1.70 bits per heavy atom. The number of aromatic nitrogens is 2. The summed E-state index contributed by atoms with van der Waals surface area (Å²) in [6.45, 7) is 1.74. The maximum absolute atomic E-state index is 4.46. The van der Waals surface area contributed by atoms with Crippen molar-refractivity contribution in [1.82, 2.24) is 14.5 Å². The Balaban J connectivity index is 1.53. The van der Waals surface area contributed by atoms with E-state index >= 15 is 0 Å². The highest BCUT2D eigenvalue weighted by atomic mass is 15.2. The summed E-state index contributed by atoms with van der Waals surface area (Å²) in [5, 5.41) is 2.59. The van der Waals surface area contributed by atoms with Crippen LogP contribution in [-0.2, 0) is 13.2 Å². The van der Waals surface area contributed by atoms with E-state index in [9.17, 15) is 0 Å². The Morgan fingerprint density at radius 1 is 0.913 bits per heavy atom. The van der Waals surface area contributed by atoms with Gasteiger partial charge in [0.25, 0.3) is 0 Å². The zero-order valence-corrected chi connectivity index (χ0v) is 13.2.